The Labute approximate surface area is 161 Å². The quantitative estimate of drug-likeness (QED) is 0.760. The molecule has 2 aliphatic rings. The van der Waals surface area contributed by atoms with Crippen LogP contribution in [-0.4, -0.2) is 18.0 Å². The van der Waals surface area contributed by atoms with Gasteiger partial charge < -0.3 is 9.84 Å². The summed E-state index contributed by atoms with van der Waals surface area (Å²) >= 11 is 0. The highest BCUT2D eigenvalue weighted by Crippen LogP contribution is 2.58. The average molecular weight is 371 g/mol. The minimum absolute atomic E-state index is 0.267. The Morgan fingerprint density at radius 1 is 0.929 bits per heavy atom. The zero-order valence-electron chi connectivity index (χ0n) is 15.1. The highest BCUT2D eigenvalue weighted by atomic mass is 16.5. The molecule has 3 aromatic carbocycles. The SMILES string of the molecule is COc1ccc(N2N=NC3(c4ccccc4)C(=O)c4ccccc4C23O)cc1. The molecule has 3 aromatic rings. The van der Waals surface area contributed by atoms with Gasteiger partial charge in [0.1, 0.15) is 5.75 Å². The van der Waals surface area contributed by atoms with Crippen molar-refractivity contribution in [3.63, 3.8) is 0 Å². The lowest BCUT2D eigenvalue weighted by Gasteiger charge is -2.37. The van der Waals surface area contributed by atoms with Crippen LogP contribution in [0.1, 0.15) is 21.5 Å². The summed E-state index contributed by atoms with van der Waals surface area (Å²) in [6.45, 7) is 0. The number of hydrogen-bond acceptors (Lipinski definition) is 6. The molecule has 6 heteroatoms. The molecule has 0 saturated carbocycles. The van der Waals surface area contributed by atoms with Crippen LogP contribution in [0.25, 0.3) is 0 Å². The van der Waals surface area contributed by atoms with Crippen molar-refractivity contribution in [3.05, 3.63) is 95.6 Å². The molecule has 0 saturated heterocycles. The number of carbonyl (C=O) groups is 1. The number of ether oxygens (including phenoxy) is 1. The first kappa shape index (κ1) is 16.6. The van der Waals surface area contributed by atoms with Gasteiger partial charge in [-0.25, -0.2) is 5.01 Å². The van der Waals surface area contributed by atoms with Gasteiger partial charge in [0.05, 0.1) is 12.8 Å². The first-order valence-electron chi connectivity index (χ1n) is 8.92. The first-order valence-corrected chi connectivity index (χ1v) is 8.92. The lowest BCUT2D eigenvalue weighted by molar-refractivity contribution is -0.00735. The summed E-state index contributed by atoms with van der Waals surface area (Å²) in [7, 11) is 1.59. The van der Waals surface area contributed by atoms with Gasteiger partial charge in [0.25, 0.3) is 0 Å². The van der Waals surface area contributed by atoms with Gasteiger partial charge in [-0.15, -0.1) is 5.11 Å². The molecular formula is C22H17N3O3. The Bertz CT molecular complexity index is 1100. The Hall–Kier alpha value is -3.51. The summed E-state index contributed by atoms with van der Waals surface area (Å²) in [4.78, 5) is 13.5. The van der Waals surface area contributed by atoms with Crippen LogP contribution in [0.2, 0.25) is 0 Å². The van der Waals surface area contributed by atoms with Gasteiger partial charge in [-0.2, -0.15) is 0 Å². The van der Waals surface area contributed by atoms with Gasteiger partial charge in [-0.05, 0) is 29.8 Å². The van der Waals surface area contributed by atoms with Crippen LogP contribution in [0.4, 0.5) is 5.69 Å². The van der Waals surface area contributed by atoms with E-state index in [-0.39, 0.29) is 5.78 Å². The third-order valence-electron chi connectivity index (χ3n) is 5.48. The van der Waals surface area contributed by atoms with E-state index in [0.29, 0.717) is 28.1 Å². The van der Waals surface area contributed by atoms with Gasteiger partial charge in [0.15, 0.2) is 0 Å². The fraction of sp³-hybridized carbons (Fsp3) is 0.136. The maximum atomic E-state index is 13.5. The molecule has 0 fully saturated rings. The number of benzene rings is 3. The van der Waals surface area contributed by atoms with Crippen LogP contribution in [0, 0.1) is 0 Å². The minimum Gasteiger partial charge on any atom is -0.497 e. The van der Waals surface area contributed by atoms with Crippen LogP contribution in [0.5, 0.6) is 5.75 Å². The number of hydrogen-bond donors (Lipinski definition) is 1. The van der Waals surface area contributed by atoms with Gasteiger partial charge in [-0.3, -0.25) is 4.79 Å². The summed E-state index contributed by atoms with van der Waals surface area (Å²) in [5, 5.41) is 22.2. The van der Waals surface area contributed by atoms with Crippen molar-refractivity contribution < 1.29 is 14.6 Å². The predicted molar refractivity (Wildman–Crippen MR) is 103 cm³/mol. The van der Waals surface area contributed by atoms with Crippen molar-refractivity contribution in [2.75, 3.05) is 12.1 Å². The molecule has 1 N–H and O–H groups in total. The van der Waals surface area contributed by atoms with E-state index in [9.17, 15) is 9.90 Å². The Balaban J connectivity index is 1.76. The van der Waals surface area contributed by atoms with E-state index < -0.39 is 11.3 Å². The fourth-order valence-electron chi connectivity index (χ4n) is 4.12. The van der Waals surface area contributed by atoms with E-state index in [1.165, 1.54) is 5.01 Å². The molecule has 1 aliphatic carbocycles. The van der Waals surface area contributed by atoms with Crippen LogP contribution in [0.3, 0.4) is 0 Å². The van der Waals surface area contributed by atoms with Crippen LogP contribution < -0.4 is 9.75 Å². The summed E-state index contributed by atoms with van der Waals surface area (Å²) in [6, 6.07) is 23.3. The largest absolute Gasteiger partial charge is 0.497 e. The van der Waals surface area contributed by atoms with E-state index in [1.54, 1.807) is 67.8 Å². The molecular weight excluding hydrogens is 354 g/mol. The molecule has 6 nitrogen and oxygen atoms in total. The molecule has 0 radical (unpaired) electrons. The van der Waals surface area contributed by atoms with Crippen molar-refractivity contribution in [3.8, 4) is 5.75 Å². The third-order valence-corrected chi connectivity index (χ3v) is 5.48. The van der Waals surface area contributed by atoms with Gasteiger partial charge in [-0.1, -0.05) is 59.8 Å². The summed E-state index contributed by atoms with van der Waals surface area (Å²) < 4.78 is 5.22. The maximum absolute atomic E-state index is 13.5. The number of nitrogens with zero attached hydrogens (tertiary/aromatic N) is 3. The molecule has 0 bridgehead atoms. The van der Waals surface area contributed by atoms with E-state index in [0.717, 1.165) is 0 Å². The van der Waals surface area contributed by atoms with Crippen LogP contribution in [0.15, 0.2) is 89.2 Å². The zero-order chi connectivity index (χ0) is 19.4. The molecule has 28 heavy (non-hydrogen) atoms. The van der Waals surface area contributed by atoms with Crippen LogP contribution >= 0.6 is 0 Å². The number of anilines is 1. The highest BCUT2D eigenvalue weighted by Gasteiger charge is 2.71. The molecule has 0 spiro atoms. The zero-order valence-corrected chi connectivity index (χ0v) is 15.1. The van der Waals surface area contributed by atoms with Crippen molar-refractivity contribution in [1.29, 1.82) is 0 Å². The second-order valence-electron chi connectivity index (χ2n) is 6.82. The van der Waals surface area contributed by atoms with Crippen molar-refractivity contribution in [2.24, 2.45) is 10.3 Å². The maximum Gasteiger partial charge on any atom is 0.226 e. The molecule has 1 aliphatic heterocycles. The monoisotopic (exact) mass is 371 g/mol. The van der Waals surface area contributed by atoms with Crippen LogP contribution in [-0.2, 0) is 11.3 Å². The molecule has 2 atom stereocenters. The van der Waals surface area contributed by atoms with Gasteiger partial charge >= 0.3 is 0 Å². The second kappa shape index (κ2) is 5.74. The average Bonchev–Trinajstić information content (AvgIpc) is 3.17. The molecule has 1 heterocycles. The number of ketones is 1. The van der Waals surface area contributed by atoms with Crippen molar-refractivity contribution in [1.82, 2.24) is 0 Å². The van der Waals surface area contributed by atoms with Crippen molar-refractivity contribution in [2.45, 2.75) is 11.3 Å². The minimum atomic E-state index is -1.77. The van der Waals surface area contributed by atoms with Crippen molar-refractivity contribution >= 4 is 11.5 Å². The highest BCUT2D eigenvalue weighted by molar-refractivity contribution is 6.10. The molecule has 2 unspecified atom stereocenters. The standard InChI is InChI=1S/C22H17N3O3/c1-28-17-13-11-16(12-14-17)25-22(27)19-10-6-5-9-18(19)20(26)21(22,23-24-25)15-7-3-2-4-8-15/h2-14,27H,1H3. The summed E-state index contributed by atoms with van der Waals surface area (Å²) in [6.07, 6.45) is 0. The van der Waals surface area contributed by atoms with Gasteiger partial charge in [0.2, 0.25) is 17.0 Å². The Morgan fingerprint density at radius 2 is 1.61 bits per heavy atom. The molecule has 0 amide bonds. The smallest absolute Gasteiger partial charge is 0.226 e. The van der Waals surface area contributed by atoms with E-state index in [4.69, 9.17) is 4.74 Å². The number of aliphatic hydroxyl groups is 1. The second-order valence-corrected chi connectivity index (χ2v) is 6.82. The predicted octanol–water partition coefficient (Wildman–Crippen LogP) is 3.82. The topological polar surface area (TPSA) is 74.5 Å². The van der Waals surface area contributed by atoms with E-state index in [1.807, 2.05) is 18.2 Å². The van der Waals surface area contributed by atoms with E-state index >= 15 is 0 Å². The lowest BCUT2D eigenvalue weighted by Crippen LogP contribution is -2.53. The molecule has 138 valence electrons. The van der Waals surface area contributed by atoms with Gasteiger partial charge in [0, 0.05) is 11.1 Å². The summed E-state index contributed by atoms with van der Waals surface area (Å²) in [5.41, 5.74) is -1.18. The Morgan fingerprint density at radius 3 is 2.32 bits per heavy atom. The normalized spacial score (nSPS) is 24.9. The number of Topliss-reactive ketones (excluding diaryl/α,β-unsaturated/α-hetero) is 1. The molecule has 5 rings (SSSR count). The fourth-order valence-corrected chi connectivity index (χ4v) is 4.12. The summed E-state index contributed by atoms with van der Waals surface area (Å²) in [5.74, 6) is 0.417. The van der Waals surface area contributed by atoms with E-state index in [2.05, 4.69) is 10.3 Å². The Kier molecular flexibility index (Phi) is 3.41. The number of rotatable bonds is 3. The lowest BCUT2D eigenvalue weighted by atomic mass is 9.80. The number of fused-ring (bicyclic) bond motifs is 3. The third kappa shape index (κ3) is 1.87. The number of carbonyl (C=O) groups excluding carboxylic acids is 1. The number of methoxy groups -OCH3 is 1. The molecule has 0 aromatic heterocycles. The first-order chi connectivity index (χ1) is 13.6.